The van der Waals surface area contributed by atoms with Crippen molar-refractivity contribution in [1.82, 2.24) is 9.97 Å². The van der Waals surface area contributed by atoms with Gasteiger partial charge >= 0.3 is 0 Å². The number of pyridine rings is 1. The number of aromatic amines is 1. The van der Waals surface area contributed by atoms with Crippen molar-refractivity contribution in [2.45, 2.75) is 88.4 Å². The van der Waals surface area contributed by atoms with Gasteiger partial charge in [0.15, 0.2) is 11.5 Å². The molecule has 240 valence electrons. The molecule has 8 heteroatoms. The smallest absolute Gasteiger partial charge is 0.161 e. The molecule has 0 spiro atoms. The van der Waals surface area contributed by atoms with Gasteiger partial charge in [-0.15, -0.1) is 0 Å². The van der Waals surface area contributed by atoms with E-state index in [0.717, 1.165) is 42.5 Å². The first-order valence-corrected chi connectivity index (χ1v) is 16.3. The van der Waals surface area contributed by atoms with Crippen LogP contribution in [0.3, 0.4) is 0 Å². The molecular weight excluding hydrogens is 566 g/mol. The molecule has 2 aliphatic carbocycles. The van der Waals surface area contributed by atoms with Crippen LogP contribution in [0.25, 0.3) is 0 Å². The molecule has 7 N–H and O–H groups in total. The predicted octanol–water partition coefficient (Wildman–Crippen LogP) is 5.46. The summed E-state index contributed by atoms with van der Waals surface area (Å²) in [7, 11) is 0. The summed E-state index contributed by atoms with van der Waals surface area (Å²) in [4.78, 5) is 7.38. The zero-order valence-corrected chi connectivity index (χ0v) is 26.1. The number of aromatic nitrogens is 2. The lowest BCUT2D eigenvalue weighted by Gasteiger charge is -2.31. The summed E-state index contributed by atoms with van der Waals surface area (Å²) < 4.78 is 6.28. The molecule has 0 aliphatic heterocycles. The Morgan fingerprint density at radius 1 is 1.07 bits per heavy atom. The Labute approximate surface area is 266 Å². The molecule has 5 rings (SSSR count). The Morgan fingerprint density at radius 3 is 2.67 bits per heavy atom. The van der Waals surface area contributed by atoms with Crippen molar-refractivity contribution in [2.75, 3.05) is 12.3 Å². The number of phenolic OH excluding ortho intramolecular Hbond substituents is 1. The Bertz CT molecular complexity index is 1460. The minimum Gasteiger partial charge on any atom is -0.504 e. The zero-order valence-electron chi connectivity index (χ0n) is 26.1. The van der Waals surface area contributed by atoms with Gasteiger partial charge in [0.2, 0.25) is 0 Å². The van der Waals surface area contributed by atoms with Crippen molar-refractivity contribution in [3.05, 3.63) is 83.8 Å². The zero-order chi connectivity index (χ0) is 31.8. The first-order valence-electron chi connectivity index (χ1n) is 16.3. The van der Waals surface area contributed by atoms with Crippen LogP contribution in [0, 0.1) is 29.6 Å². The number of aromatic hydroxyl groups is 1. The normalized spacial score (nSPS) is 26.5. The van der Waals surface area contributed by atoms with E-state index in [1.807, 2.05) is 42.6 Å². The van der Waals surface area contributed by atoms with E-state index in [4.69, 9.17) is 10.5 Å². The number of nitrogens with two attached hydrogens (primary N) is 1. The van der Waals surface area contributed by atoms with Gasteiger partial charge in [-0.05, 0) is 92.0 Å². The van der Waals surface area contributed by atoms with Gasteiger partial charge in [0.1, 0.15) is 11.9 Å². The monoisotopic (exact) mass is 613 g/mol. The number of nitrogen functional groups attached to an aromatic ring is 1. The van der Waals surface area contributed by atoms with Crippen LogP contribution in [0.15, 0.2) is 67.0 Å². The molecule has 0 saturated carbocycles. The molecule has 2 aliphatic rings. The predicted molar refractivity (Wildman–Crippen MR) is 176 cm³/mol. The standard InChI is InChI=1S/C37H47N3O5/c1-2-24-6-3-4-8-33(43)37-25(10-9-24)11-12-26(20-34(37)44)27-13-14-32(42)35(21-27)45-31(23-41)19-29(18-30-7-5-16-39-30)28-15-17-40-36(38)22-28/h5,7,11-17,21-22,24-26,29,31,33-34,37,39,41-44H,2-4,6,8,18-20,23H2,1H3,(H2,38,40). The molecule has 2 aromatic heterocycles. The van der Waals surface area contributed by atoms with Gasteiger partial charge in [0.05, 0.1) is 18.8 Å². The number of phenols is 1. The minimum atomic E-state index is -0.747. The van der Waals surface area contributed by atoms with Gasteiger partial charge in [-0.1, -0.05) is 49.8 Å². The highest BCUT2D eigenvalue weighted by atomic mass is 16.5. The molecule has 8 nitrogen and oxygen atoms in total. The Hall–Kier alpha value is -3.77. The molecule has 0 saturated heterocycles. The Kier molecular flexibility index (Phi) is 11.2. The molecule has 0 radical (unpaired) electrons. The summed E-state index contributed by atoms with van der Waals surface area (Å²) in [6, 6.07) is 13.0. The number of nitrogens with one attached hydrogen (secondary N) is 1. The van der Waals surface area contributed by atoms with Crippen LogP contribution in [-0.4, -0.2) is 55.3 Å². The molecule has 8 atom stereocenters. The van der Waals surface area contributed by atoms with Crippen LogP contribution in [0.1, 0.15) is 80.5 Å². The Balaban J connectivity index is 1.36. The van der Waals surface area contributed by atoms with Gasteiger partial charge < -0.3 is 35.9 Å². The molecule has 0 bridgehead atoms. The molecule has 1 aromatic carbocycles. The number of benzene rings is 1. The van der Waals surface area contributed by atoms with E-state index in [0.29, 0.717) is 37.4 Å². The van der Waals surface area contributed by atoms with Crippen LogP contribution in [-0.2, 0) is 6.42 Å². The number of H-pyrrole nitrogens is 1. The van der Waals surface area contributed by atoms with E-state index < -0.39 is 18.3 Å². The number of hydrogen-bond acceptors (Lipinski definition) is 7. The number of aliphatic hydroxyl groups is 3. The average molecular weight is 614 g/mol. The van der Waals surface area contributed by atoms with Crippen LogP contribution >= 0.6 is 0 Å². The highest BCUT2D eigenvalue weighted by molar-refractivity contribution is 5.44. The van der Waals surface area contributed by atoms with E-state index in [1.54, 1.807) is 18.3 Å². The van der Waals surface area contributed by atoms with Gasteiger partial charge in [-0.2, -0.15) is 0 Å². The van der Waals surface area contributed by atoms with Gasteiger partial charge in [-0.25, -0.2) is 4.98 Å². The molecule has 0 fully saturated rings. The average Bonchev–Trinajstić information content (AvgIpc) is 3.49. The Morgan fingerprint density at radius 2 is 1.91 bits per heavy atom. The third-order valence-corrected chi connectivity index (χ3v) is 9.46. The molecule has 2 heterocycles. The van der Waals surface area contributed by atoms with E-state index in [2.05, 4.69) is 34.8 Å². The SMILES string of the molecule is CCC1C#CC2C=CC(c3ccc(O)c(OC(CO)CC(Cc4ccc[nH]4)c4ccnc(N)c4)c3)CC(O)C2C(O)CCCC1. The van der Waals surface area contributed by atoms with Crippen LogP contribution in [0.5, 0.6) is 11.5 Å². The van der Waals surface area contributed by atoms with Crippen LogP contribution in [0.4, 0.5) is 5.82 Å². The molecule has 45 heavy (non-hydrogen) atoms. The van der Waals surface area contributed by atoms with Gasteiger partial charge in [0, 0.05) is 41.8 Å². The number of rotatable bonds is 10. The maximum atomic E-state index is 11.4. The summed E-state index contributed by atoms with van der Waals surface area (Å²) in [5.74, 6) is 7.07. The van der Waals surface area contributed by atoms with Crippen molar-refractivity contribution in [2.24, 2.45) is 17.8 Å². The number of fused-ring (bicyclic) bond motifs is 1. The fraction of sp³-hybridized carbons (Fsp3) is 0.486. The van der Waals surface area contributed by atoms with Crippen molar-refractivity contribution >= 4 is 5.82 Å². The number of allylic oxidation sites excluding steroid dienone is 2. The largest absolute Gasteiger partial charge is 0.504 e. The number of nitrogens with zero attached hydrogens (tertiary/aromatic N) is 1. The molecular formula is C37H47N3O5. The van der Waals surface area contributed by atoms with Crippen LogP contribution < -0.4 is 10.5 Å². The summed E-state index contributed by atoms with van der Waals surface area (Å²) in [6.07, 6.45) is 11.9. The molecule has 0 amide bonds. The highest BCUT2D eigenvalue weighted by Crippen LogP contribution is 2.39. The summed E-state index contributed by atoms with van der Waals surface area (Å²) in [6.45, 7) is 1.92. The number of aliphatic hydroxyl groups excluding tert-OH is 3. The van der Waals surface area contributed by atoms with Crippen molar-refractivity contribution in [3.63, 3.8) is 0 Å². The second-order valence-electron chi connectivity index (χ2n) is 12.6. The van der Waals surface area contributed by atoms with E-state index in [-0.39, 0.29) is 41.8 Å². The lowest BCUT2D eigenvalue weighted by atomic mass is 9.79. The van der Waals surface area contributed by atoms with Gasteiger partial charge in [0.25, 0.3) is 0 Å². The fourth-order valence-electron chi connectivity index (χ4n) is 6.86. The second kappa shape index (κ2) is 15.5. The second-order valence-corrected chi connectivity index (χ2v) is 12.6. The fourth-order valence-corrected chi connectivity index (χ4v) is 6.86. The third kappa shape index (κ3) is 8.49. The molecule has 3 aromatic rings. The third-order valence-electron chi connectivity index (χ3n) is 9.46. The maximum Gasteiger partial charge on any atom is 0.161 e. The van der Waals surface area contributed by atoms with Gasteiger partial charge in [-0.3, -0.25) is 0 Å². The summed E-state index contributed by atoms with van der Waals surface area (Å²) in [5, 5.41) is 43.7. The lowest BCUT2D eigenvalue weighted by molar-refractivity contribution is -0.00706. The van der Waals surface area contributed by atoms with Crippen molar-refractivity contribution in [3.8, 4) is 23.3 Å². The van der Waals surface area contributed by atoms with Crippen molar-refractivity contribution < 1.29 is 25.2 Å². The van der Waals surface area contributed by atoms with E-state index >= 15 is 0 Å². The first kappa shape index (κ1) is 32.6. The highest BCUT2D eigenvalue weighted by Gasteiger charge is 2.36. The van der Waals surface area contributed by atoms with E-state index in [1.165, 1.54) is 0 Å². The van der Waals surface area contributed by atoms with Crippen molar-refractivity contribution in [1.29, 1.82) is 0 Å². The first-order chi connectivity index (χ1) is 21.8. The number of hydrogen-bond donors (Lipinski definition) is 6. The summed E-state index contributed by atoms with van der Waals surface area (Å²) in [5.41, 5.74) is 8.91. The number of ether oxygens (including phenoxy) is 1. The quantitative estimate of drug-likeness (QED) is 0.132. The topological polar surface area (TPSA) is 145 Å². The minimum absolute atomic E-state index is 0.0227. The number of anilines is 1. The lowest BCUT2D eigenvalue weighted by Crippen LogP contribution is -2.36. The van der Waals surface area contributed by atoms with E-state index in [9.17, 15) is 20.4 Å². The summed E-state index contributed by atoms with van der Waals surface area (Å²) >= 11 is 0. The maximum absolute atomic E-state index is 11.4. The molecule has 8 unspecified atom stereocenters. The van der Waals surface area contributed by atoms with Crippen LogP contribution in [0.2, 0.25) is 0 Å².